The summed E-state index contributed by atoms with van der Waals surface area (Å²) >= 11 is 0. The molecule has 1 aliphatic heterocycles. The lowest BCUT2D eigenvalue weighted by Gasteiger charge is -2.23. The van der Waals surface area contributed by atoms with E-state index in [1.54, 1.807) is 12.4 Å². The van der Waals surface area contributed by atoms with Gasteiger partial charge in [0.15, 0.2) is 0 Å². The monoisotopic (exact) mass is 219 g/mol. The number of hydrogen-bond donors (Lipinski definition) is 1. The fraction of sp³-hybridized carbons (Fsp3) is 0.500. The average molecular weight is 219 g/mol. The van der Waals surface area contributed by atoms with Crippen molar-refractivity contribution in [2.45, 2.75) is 19.4 Å². The first-order valence-corrected chi connectivity index (χ1v) is 5.58. The zero-order valence-electron chi connectivity index (χ0n) is 9.73. The molecule has 4 nitrogen and oxygen atoms in total. The van der Waals surface area contributed by atoms with Crippen molar-refractivity contribution >= 4 is 5.91 Å². The summed E-state index contributed by atoms with van der Waals surface area (Å²) in [6.07, 6.45) is 4.42. The van der Waals surface area contributed by atoms with Crippen molar-refractivity contribution in [1.82, 2.24) is 15.2 Å². The molecule has 86 valence electrons. The highest BCUT2D eigenvalue weighted by atomic mass is 16.2. The molecular weight excluding hydrogens is 202 g/mol. The Balaban J connectivity index is 2.12. The van der Waals surface area contributed by atoms with Gasteiger partial charge < -0.3 is 10.2 Å². The third-order valence-electron chi connectivity index (χ3n) is 3.02. The molecule has 0 aromatic carbocycles. The Morgan fingerprint density at radius 3 is 3.00 bits per heavy atom. The molecule has 0 radical (unpaired) electrons. The molecule has 1 aliphatic rings. The van der Waals surface area contributed by atoms with Crippen LogP contribution in [0.3, 0.4) is 0 Å². The molecular formula is C12H17N3O. The molecule has 0 aliphatic carbocycles. The topological polar surface area (TPSA) is 45.2 Å². The van der Waals surface area contributed by atoms with Crippen LogP contribution in [0.15, 0.2) is 18.5 Å². The van der Waals surface area contributed by atoms with Gasteiger partial charge in [0.1, 0.15) is 0 Å². The highest BCUT2D eigenvalue weighted by Crippen LogP contribution is 2.11. The number of aryl methyl sites for hydroxylation is 1. The molecule has 1 atom stereocenters. The molecule has 1 unspecified atom stereocenters. The van der Waals surface area contributed by atoms with E-state index >= 15 is 0 Å². The molecule has 1 aromatic heterocycles. The second kappa shape index (κ2) is 4.61. The third-order valence-corrected chi connectivity index (χ3v) is 3.02. The predicted octanol–water partition coefficient (Wildman–Crippen LogP) is 0.824. The van der Waals surface area contributed by atoms with E-state index in [2.05, 4.69) is 10.3 Å². The molecule has 1 aromatic rings. The number of hydrogen-bond acceptors (Lipinski definition) is 3. The maximum Gasteiger partial charge on any atom is 0.255 e. The van der Waals surface area contributed by atoms with E-state index in [0.29, 0.717) is 11.6 Å². The summed E-state index contributed by atoms with van der Waals surface area (Å²) < 4.78 is 0. The number of aromatic nitrogens is 1. The average Bonchev–Trinajstić information content (AvgIpc) is 2.80. The van der Waals surface area contributed by atoms with Crippen molar-refractivity contribution in [3.8, 4) is 0 Å². The summed E-state index contributed by atoms with van der Waals surface area (Å²) in [5.74, 6) is 0.0601. The van der Waals surface area contributed by atoms with Crippen molar-refractivity contribution in [2.75, 3.05) is 20.1 Å². The molecule has 1 saturated heterocycles. The number of amides is 1. The molecule has 1 amide bonds. The van der Waals surface area contributed by atoms with E-state index in [1.807, 2.05) is 24.9 Å². The number of rotatable bonds is 2. The highest BCUT2D eigenvalue weighted by Gasteiger charge is 2.23. The van der Waals surface area contributed by atoms with Gasteiger partial charge in [0.25, 0.3) is 5.91 Å². The Labute approximate surface area is 95.7 Å². The van der Waals surface area contributed by atoms with Gasteiger partial charge in [-0.15, -0.1) is 0 Å². The lowest BCUT2D eigenvalue weighted by Crippen LogP contribution is -2.38. The first-order valence-electron chi connectivity index (χ1n) is 5.58. The largest absolute Gasteiger partial charge is 0.337 e. The second-order valence-corrected chi connectivity index (χ2v) is 4.31. The lowest BCUT2D eigenvalue weighted by atomic mass is 10.1. The van der Waals surface area contributed by atoms with Crippen LogP contribution in [-0.4, -0.2) is 42.0 Å². The van der Waals surface area contributed by atoms with Gasteiger partial charge in [-0.1, -0.05) is 0 Å². The van der Waals surface area contributed by atoms with Crippen LogP contribution in [0.5, 0.6) is 0 Å². The zero-order valence-corrected chi connectivity index (χ0v) is 9.73. The molecule has 4 heteroatoms. The normalized spacial score (nSPS) is 19.8. The molecule has 1 fully saturated rings. The maximum absolute atomic E-state index is 12.1. The first-order chi connectivity index (χ1) is 7.68. The second-order valence-electron chi connectivity index (χ2n) is 4.31. The summed E-state index contributed by atoms with van der Waals surface area (Å²) in [7, 11) is 1.86. The van der Waals surface area contributed by atoms with Gasteiger partial charge in [0, 0.05) is 32.0 Å². The van der Waals surface area contributed by atoms with Crippen LogP contribution in [0.4, 0.5) is 0 Å². The summed E-state index contributed by atoms with van der Waals surface area (Å²) in [4.78, 5) is 18.0. The highest BCUT2D eigenvalue weighted by molar-refractivity contribution is 5.94. The SMILES string of the molecule is Cc1cncc(C(=O)N(C)C2CCNC2)c1. The van der Waals surface area contributed by atoms with E-state index in [4.69, 9.17) is 0 Å². The van der Waals surface area contributed by atoms with Crippen LogP contribution in [0.2, 0.25) is 0 Å². The van der Waals surface area contributed by atoms with Crippen LogP contribution in [0, 0.1) is 6.92 Å². The van der Waals surface area contributed by atoms with E-state index in [1.165, 1.54) is 0 Å². The lowest BCUT2D eigenvalue weighted by molar-refractivity contribution is 0.0743. The Hall–Kier alpha value is -1.42. The minimum Gasteiger partial charge on any atom is -0.337 e. The van der Waals surface area contributed by atoms with E-state index in [0.717, 1.165) is 25.1 Å². The fourth-order valence-corrected chi connectivity index (χ4v) is 2.01. The quantitative estimate of drug-likeness (QED) is 0.801. The number of likely N-dealkylation sites (N-methyl/N-ethyl adjacent to an activating group) is 1. The van der Waals surface area contributed by atoms with Gasteiger partial charge in [-0.25, -0.2) is 0 Å². The van der Waals surface area contributed by atoms with E-state index in [9.17, 15) is 4.79 Å². The Morgan fingerprint density at radius 1 is 1.56 bits per heavy atom. The number of nitrogens with one attached hydrogen (secondary N) is 1. The zero-order chi connectivity index (χ0) is 11.5. The minimum atomic E-state index is 0.0601. The van der Waals surface area contributed by atoms with Gasteiger partial charge in [0.2, 0.25) is 0 Å². The molecule has 2 rings (SSSR count). The third kappa shape index (κ3) is 2.22. The summed E-state index contributed by atoms with van der Waals surface area (Å²) in [5, 5.41) is 3.26. The Kier molecular flexibility index (Phi) is 3.19. The van der Waals surface area contributed by atoms with Crippen molar-refractivity contribution in [1.29, 1.82) is 0 Å². The molecule has 0 spiro atoms. The fourth-order valence-electron chi connectivity index (χ4n) is 2.01. The number of nitrogens with zero attached hydrogens (tertiary/aromatic N) is 2. The molecule has 1 N–H and O–H groups in total. The predicted molar refractivity (Wildman–Crippen MR) is 62.3 cm³/mol. The van der Waals surface area contributed by atoms with Crippen molar-refractivity contribution in [3.63, 3.8) is 0 Å². The minimum absolute atomic E-state index is 0.0601. The van der Waals surface area contributed by atoms with Gasteiger partial charge in [0.05, 0.1) is 5.56 Å². The summed E-state index contributed by atoms with van der Waals surface area (Å²) in [6.45, 7) is 3.83. The molecule has 0 bridgehead atoms. The number of carbonyl (C=O) groups is 1. The maximum atomic E-state index is 12.1. The van der Waals surface area contributed by atoms with Gasteiger partial charge in [-0.2, -0.15) is 0 Å². The van der Waals surface area contributed by atoms with Crippen LogP contribution < -0.4 is 5.32 Å². The van der Waals surface area contributed by atoms with Crippen molar-refractivity contribution in [3.05, 3.63) is 29.6 Å². The van der Waals surface area contributed by atoms with E-state index in [-0.39, 0.29) is 5.91 Å². The molecule has 2 heterocycles. The van der Waals surface area contributed by atoms with Gasteiger partial charge in [-0.05, 0) is 31.5 Å². The van der Waals surface area contributed by atoms with Crippen molar-refractivity contribution in [2.24, 2.45) is 0 Å². The first kappa shape index (κ1) is 11.1. The standard InChI is InChI=1S/C12H17N3O/c1-9-5-10(7-14-6-9)12(16)15(2)11-3-4-13-8-11/h5-7,11,13H,3-4,8H2,1-2H3. The molecule has 16 heavy (non-hydrogen) atoms. The Morgan fingerprint density at radius 2 is 2.38 bits per heavy atom. The number of pyridine rings is 1. The smallest absolute Gasteiger partial charge is 0.255 e. The van der Waals surface area contributed by atoms with Gasteiger partial charge >= 0.3 is 0 Å². The van der Waals surface area contributed by atoms with Crippen LogP contribution >= 0.6 is 0 Å². The Bertz CT molecular complexity index is 386. The van der Waals surface area contributed by atoms with Crippen molar-refractivity contribution < 1.29 is 4.79 Å². The van der Waals surface area contributed by atoms with Crippen LogP contribution in [-0.2, 0) is 0 Å². The molecule has 0 saturated carbocycles. The summed E-state index contributed by atoms with van der Waals surface area (Å²) in [5.41, 5.74) is 1.69. The number of carbonyl (C=O) groups excluding carboxylic acids is 1. The van der Waals surface area contributed by atoms with Crippen LogP contribution in [0.25, 0.3) is 0 Å². The van der Waals surface area contributed by atoms with Gasteiger partial charge in [-0.3, -0.25) is 9.78 Å². The summed E-state index contributed by atoms with van der Waals surface area (Å²) in [6, 6.07) is 2.20. The van der Waals surface area contributed by atoms with E-state index < -0.39 is 0 Å². The van der Waals surface area contributed by atoms with Crippen LogP contribution in [0.1, 0.15) is 22.3 Å².